The van der Waals surface area contributed by atoms with Crippen molar-refractivity contribution in [2.75, 3.05) is 19.1 Å². The van der Waals surface area contributed by atoms with Crippen LogP contribution >= 0.6 is 0 Å². The molecule has 0 radical (unpaired) electrons. The normalized spacial score (nSPS) is 16.9. The number of anilines is 1. The molecular formula is C28H25N5O4. The molecule has 0 bridgehead atoms. The van der Waals surface area contributed by atoms with E-state index in [2.05, 4.69) is 15.6 Å². The van der Waals surface area contributed by atoms with Crippen LogP contribution in [0.5, 0.6) is 0 Å². The molecule has 5 rings (SSSR count). The predicted octanol–water partition coefficient (Wildman–Crippen LogP) is 3.39. The van der Waals surface area contributed by atoms with Gasteiger partial charge >= 0.3 is 11.9 Å². The minimum absolute atomic E-state index is 0.0260. The quantitative estimate of drug-likeness (QED) is 0.534. The number of nitriles is 1. The van der Waals surface area contributed by atoms with Crippen LogP contribution in [0, 0.1) is 11.3 Å². The van der Waals surface area contributed by atoms with Crippen LogP contribution in [0.3, 0.4) is 0 Å². The second-order valence-electron chi connectivity index (χ2n) is 8.70. The summed E-state index contributed by atoms with van der Waals surface area (Å²) in [7, 11) is 2.46. The number of carbonyl (C=O) groups excluding carboxylic acids is 2. The van der Waals surface area contributed by atoms with Gasteiger partial charge in [-0.3, -0.25) is 4.90 Å². The number of nitrogens with two attached hydrogens (primary N) is 1. The third-order valence-electron chi connectivity index (χ3n) is 6.73. The maximum atomic E-state index is 13.3. The Morgan fingerprint density at radius 3 is 2.54 bits per heavy atom. The molecule has 0 fully saturated rings. The molecular weight excluding hydrogens is 470 g/mol. The topological polar surface area (TPSA) is 123 Å². The van der Waals surface area contributed by atoms with Gasteiger partial charge in [-0.2, -0.15) is 5.26 Å². The molecule has 9 nitrogen and oxygen atoms in total. The first-order chi connectivity index (χ1) is 18.0. The fourth-order valence-corrected chi connectivity index (χ4v) is 5.07. The lowest BCUT2D eigenvalue weighted by molar-refractivity contribution is -0.139. The fraction of sp³-hybridized carbons (Fsp3) is 0.214. The zero-order valence-electron chi connectivity index (χ0n) is 20.5. The standard InChI is InChI=1S/C28H25N5O4/c1-36-27(34)24-23(17-8-4-3-5-9-17)20(15-29)26(30)33(25(24)28(35)37-2)19-11-6-10-18(14-19)21-16-31-22-12-7-13-32(21)22/h3-6,8-11,14,16,23H,7,12-13,30H2,1-2H3. The molecule has 1 atom stereocenters. The van der Waals surface area contributed by atoms with E-state index in [1.54, 1.807) is 30.3 Å². The maximum absolute atomic E-state index is 13.3. The number of carbonyl (C=O) groups is 2. The third kappa shape index (κ3) is 3.93. The molecule has 9 heteroatoms. The van der Waals surface area contributed by atoms with E-state index in [9.17, 15) is 14.9 Å². The van der Waals surface area contributed by atoms with E-state index >= 15 is 0 Å². The number of rotatable bonds is 5. The van der Waals surface area contributed by atoms with Crippen molar-refractivity contribution < 1.29 is 19.1 Å². The van der Waals surface area contributed by atoms with Gasteiger partial charge in [0.05, 0.1) is 49.2 Å². The second-order valence-corrected chi connectivity index (χ2v) is 8.70. The van der Waals surface area contributed by atoms with Crippen molar-refractivity contribution in [3.63, 3.8) is 0 Å². The van der Waals surface area contributed by atoms with Crippen molar-refractivity contribution in [1.29, 1.82) is 5.26 Å². The summed E-state index contributed by atoms with van der Waals surface area (Å²) in [5.74, 6) is -1.40. The van der Waals surface area contributed by atoms with Gasteiger partial charge in [0.2, 0.25) is 0 Å². The Morgan fingerprint density at radius 2 is 1.84 bits per heavy atom. The summed E-state index contributed by atoms with van der Waals surface area (Å²) in [6, 6.07) is 18.5. The van der Waals surface area contributed by atoms with E-state index in [1.165, 1.54) is 19.1 Å². The van der Waals surface area contributed by atoms with Crippen LogP contribution in [0.15, 0.2) is 83.5 Å². The number of hydrogen-bond donors (Lipinski definition) is 1. The Morgan fingerprint density at radius 1 is 1.08 bits per heavy atom. The summed E-state index contributed by atoms with van der Waals surface area (Å²) in [5, 5.41) is 10.2. The number of hydrogen-bond acceptors (Lipinski definition) is 8. The van der Waals surface area contributed by atoms with Gasteiger partial charge in [0.1, 0.15) is 17.3 Å². The Labute approximate surface area is 214 Å². The van der Waals surface area contributed by atoms with Gasteiger partial charge in [-0.1, -0.05) is 42.5 Å². The predicted molar refractivity (Wildman–Crippen MR) is 136 cm³/mol. The third-order valence-corrected chi connectivity index (χ3v) is 6.73. The van der Waals surface area contributed by atoms with Crippen LogP contribution in [0.4, 0.5) is 5.69 Å². The molecule has 2 N–H and O–H groups in total. The summed E-state index contributed by atoms with van der Waals surface area (Å²) in [5.41, 5.74) is 9.51. The summed E-state index contributed by atoms with van der Waals surface area (Å²) in [4.78, 5) is 32.4. The molecule has 0 saturated carbocycles. The number of fused-ring (bicyclic) bond motifs is 1. The van der Waals surface area contributed by atoms with Crippen molar-refractivity contribution in [2.24, 2.45) is 5.73 Å². The highest BCUT2D eigenvalue weighted by molar-refractivity contribution is 6.06. The largest absolute Gasteiger partial charge is 0.466 e. The smallest absolute Gasteiger partial charge is 0.355 e. The van der Waals surface area contributed by atoms with Crippen molar-refractivity contribution in [3.8, 4) is 17.3 Å². The highest BCUT2D eigenvalue weighted by Crippen LogP contribution is 2.43. The van der Waals surface area contributed by atoms with Gasteiger partial charge in [-0.25, -0.2) is 14.6 Å². The average Bonchev–Trinajstić information content (AvgIpc) is 3.56. The molecule has 1 aromatic heterocycles. The highest BCUT2D eigenvalue weighted by Gasteiger charge is 2.43. The van der Waals surface area contributed by atoms with Crippen LogP contribution in [0.2, 0.25) is 0 Å². The molecule has 1 unspecified atom stereocenters. The van der Waals surface area contributed by atoms with E-state index in [4.69, 9.17) is 15.2 Å². The highest BCUT2D eigenvalue weighted by atomic mass is 16.5. The maximum Gasteiger partial charge on any atom is 0.355 e. The monoisotopic (exact) mass is 495 g/mol. The minimum atomic E-state index is -0.912. The summed E-state index contributed by atoms with van der Waals surface area (Å²) >= 11 is 0. The zero-order valence-corrected chi connectivity index (χ0v) is 20.5. The number of aryl methyl sites for hydroxylation is 1. The molecule has 37 heavy (non-hydrogen) atoms. The van der Waals surface area contributed by atoms with E-state index in [0.717, 1.165) is 36.5 Å². The fourth-order valence-electron chi connectivity index (χ4n) is 5.07. The number of aromatic nitrogens is 2. The number of allylic oxidation sites excluding steroid dienone is 1. The first-order valence-corrected chi connectivity index (χ1v) is 11.8. The lowest BCUT2D eigenvalue weighted by Gasteiger charge is -2.36. The molecule has 0 aliphatic carbocycles. The number of esters is 2. The van der Waals surface area contributed by atoms with Crippen LogP contribution in [-0.2, 0) is 32.0 Å². The first-order valence-electron chi connectivity index (χ1n) is 11.8. The van der Waals surface area contributed by atoms with Gasteiger partial charge < -0.3 is 19.8 Å². The molecule has 0 spiro atoms. The van der Waals surface area contributed by atoms with Crippen molar-refractivity contribution in [2.45, 2.75) is 25.3 Å². The van der Waals surface area contributed by atoms with Crippen LogP contribution in [0.25, 0.3) is 11.3 Å². The zero-order chi connectivity index (χ0) is 26.1. The van der Waals surface area contributed by atoms with Crippen molar-refractivity contribution in [3.05, 3.63) is 94.8 Å². The van der Waals surface area contributed by atoms with Gasteiger partial charge in [0.15, 0.2) is 0 Å². The number of imidazole rings is 1. The number of methoxy groups -OCH3 is 2. The molecule has 2 aromatic carbocycles. The molecule has 2 aliphatic heterocycles. The second kappa shape index (κ2) is 9.66. The minimum Gasteiger partial charge on any atom is -0.466 e. The Kier molecular flexibility index (Phi) is 6.24. The van der Waals surface area contributed by atoms with Crippen molar-refractivity contribution >= 4 is 17.6 Å². The van der Waals surface area contributed by atoms with E-state index in [-0.39, 0.29) is 22.7 Å². The molecule has 0 saturated heterocycles. The van der Waals surface area contributed by atoms with Crippen LogP contribution in [-0.4, -0.2) is 35.7 Å². The summed E-state index contributed by atoms with van der Waals surface area (Å²) < 4.78 is 12.4. The molecule has 2 aliphatic rings. The van der Waals surface area contributed by atoms with Crippen LogP contribution in [0.1, 0.15) is 23.7 Å². The van der Waals surface area contributed by atoms with E-state index < -0.39 is 17.9 Å². The lowest BCUT2D eigenvalue weighted by Crippen LogP contribution is -2.40. The van der Waals surface area contributed by atoms with Crippen LogP contribution < -0.4 is 10.6 Å². The van der Waals surface area contributed by atoms with Crippen molar-refractivity contribution in [1.82, 2.24) is 9.55 Å². The van der Waals surface area contributed by atoms with Gasteiger partial charge in [-0.15, -0.1) is 0 Å². The summed E-state index contributed by atoms with van der Waals surface area (Å²) in [6.07, 6.45) is 3.78. The Hall–Kier alpha value is -4.84. The van der Waals surface area contributed by atoms with Gasteiger partial charge in [-0.05, 0) is 24.1 Å². The lowest BCUT2D eigenvalue weighted by atomic mass is 9.81. The van der Waals surface area contributed by atoms with E-state index in [0.29, 0.717) is 11.3 Å². The number of ether oxygens (including phenoxy) is 2. The van der Waals surface area contributed by atoms with Gasteiger partial charge in [0.25, 0.3) is 0 Å². The van der Waals surface area contributed by atoms with Gasteiger partial charge in [0, 0.05) is 24.2 Å². The SMILES string of the molecule is COC(=O)C1=C(C(=O)OC)N(c2cccc(-c3cnc4n3CCC4)c2)C(N)=C(C#N)C1c1ccccc1. The average molecular weight is 496 g/mol. The molecule has 3 heterocycles. The molecule has 3 aromatic rings. The number of nitrogens with zero attached hydrogens (tertiary/aromatic N) is 4. The molecule has 186 valence electrons. The Bertz CT molecular complexity index is 1500. The first kappa shape index (κ1) is 23.9. The van der Waals surface area contributed by atoms with E-state index in [1.807, 2.05) is 30.5 Å². The Balaban J connectivity index is 1.75. The number of benzene rings is 2. The molecule has 0 amide bonds. The summed E-state index contributed by atoms with van der Waals surface area (Å²) in [6.45, 7) is 0.873.